The minimum atomic E-state index is -0.221. The molecule has 0 spiro atoms. The molecule has 0 atom stereocenters. The van der Waals surface area contributed by atoms with E-state index in [-0.39, 0.29) is 12.0 Å². The molecule has 134 valence electrons. The van der Waals surface area contributed by atoms with Gasteiger partial charge in [-0.1, -0.05) is 35.8 Å². The maximum atomic E-state index is 12.7. The maximum Gasteiger partial charge on any atom is 0.259 e. The molecule has 0 aliphatic heterocycles. The van der Waals surface area contributed by atoms with E-state index >= 15 is 0 Å². The highest BCUT2D eigenvalue weighted by Crippen LogP contribution is 2.26. The van der Waals surface area contributed by atoms with E-state index < -0.39 is 0 Å². The summed E-state index contributed by atoms with van der Waals surface area (Å²) in [7, 11) is 0. The molecule has 0 fully saturated rings. The number of nitrogens with one attached hydrogen (secondary N) is 1. The van der Waals surface area contributed by atoms with Gasteiger partial charge in [0, 0.05) is 16.2 Å². The van der Waals surface area contributed by atoms with Crippen LogP contribution >= 0.6 is 15.9 Å². The molecule has 2 aromatic carbocycles. The van der Waals surface area contributed by atoms with Crippen LogP contribution in [0.1, 0.15) is 38.1 Å². The molecule has 2 rings (SSSR count). The molecule has 0 saturated carbocycles. The van der Waals surface area contributed by atoms with Gasteiger partial charge >= 0.3 is 0 Å². The van der Waals surface area contributed by atoms with E-state index in [0.717, 1.165) is 10.2 Å². The molecule has 0 aliphatic carbocycles. The third kappa shape index (κ3) is 6.09. The van der Waals surface area contributed by atoms with Crippen LogP contribution in [-0.2, 0) is 0 Å². The van der Waals surface area contributed by atoms with Crippen LogP contribution in [0.5, 0.6) is 11.5 Å². The monoisotopic (exact) mass is 405 g/mol. The summed E-state index contributed by atoms with van der Waals surface area (Å²) in [5, 5.41) is 2.91. The van der Waals surface area contributed by atoms with Gasteiger partial charge in [-0.05, 0) is 50.1 Å². The molecule has 0 aromatic heterocycles. The van der Waals surface area contributed by atoms with Gasteiger partial charge in [0.2, 0.25) is 0 Å². The molecule has 0 radical (unpaired) electrons. The van der Waals surface area contributed by atoms with Crippen molar-refractivity contribution in [1.82, 2.24) is 0 Å². The number of rotatable bonds is 7. The Balaban J connectivity index is 2.18. The normalized spacial score (nSPS) is 10.8. The van der Waals surface area contributed by atoms with Crippen molar-refractivity contribution in [3.63, 3.8) is 0 Å². The smallest absolute Gasteiger partial charge is 0.259 e. The van der Waals surface area contributed by atoms with Gasteiger partial charge in [-0.2, -0.15) is 0 Å². The van der Waals surface area contributed by atoms with Crippen LogP contribution in [-0.4, -0.2) is 18.6 Å². The third-order valence-electron chi connectivity index (χ3n) is 3.22. The molecule has 5 heteroatoms. The lowest BCUT2D eigenvalue weighted by atomic mass is 10.1. The first-order valence-electron chi connectivity index (χ1n) is 8.35. The molecule has 2 aromatic rings. The predicted octanol–water partition coefficient (Wildman–Crippen LogP) is 5.52. The standard InChI is InChI=1S/C20H24BrNO3/c1-13(2)12-24-19-9-8-15(21)10-18(19)20(23)22-16-6-5-7-17(11-16)25-14(3)4/h5-11,13-14H,12H2,1-4H3,(H,22,23). The second-order valence-electron chi connectivity index (χ2n) is 6.49. The van der Waals surface area contributed by atoms with Gasteiger partial charge in [-0.3, -0.25) is 4.79 Å². The van der Waals surface area contributed by atoms with Crippen molar-refractivity contribution in [1.29, 1.82) is 0 Å². The van der Waals surface area contributed by atoms with E-state index in [0.29, 0.717) is 29.5 Å². The first-order valence-corrected chi connectivity index (χ1v) is 9.15. The summed E-state index contributed by atoms with van der Waals surface area (Å²) in [6.07, 6.45) is 0.0760. The summed E-state index contributed by atoms with van der Waals surface area (Å²) >= 11 is 3.41. The number of carbonyl (C=O) groups excluding carboxylic acids is 1. The minimum Gasteiger partial charge on any atom is -0.492 e. The zero-order valence-electron chi connectivity index (χ0n) is 15.0. The number of hydrogen-bond acceptors (Lipinski definition) is 3. The number of benzene rings is 2. The third-order valence-corrected chi connectivity index (χ3v) is 3.72. The Labute approximate surface area is 157 Å². The van der Waals surface area contributed by atoms with Crippen LogP contribution in [0.25, 0.3) is 0 Å². The van der Waals surface area contributed by atoms with Crippen molar-refractivity contribution in [2.24, 2.45) is 5.92 Å². The van der Waals surface area contributed by atoms with Gasteiger partial charge < -0.3 is 14.8 Å². The number of halogens is 1. The van der Waals surface area contributed by atoms with Crippen molar-refractivity contribution < 1.29 is 14.3 Å². The highest BCUT2D eigenvalue weighted by atomic mass is 79.9. The van der Waals surface area contributed by atoms with Crippen LogP contribution in [0.15, 0.2) is 46.9 Å². The zero-order chi connectivity index (χ0) is 18.4. The van der Waals surface area contributed by atoms with Crippen LogP contribution < -0.4 is 14.8 Å². The summed E-state index contributed by atoms with van der Waals surface area (Å²) in [6.45, 7) is 8.62. The number of amides is 1. The Morgan fingerprint density at radius 1 is 1.12 bits per heavy atom. The SMILES string of the molecule is CC(C)COc1ccc(Br)cc1C(=O)Nc1cccc(OC(C)C)c1. The van der Waals surface area contributed by atoms with Crippen molar-refractivity contribution in [3.8, 4) is 11.5 Å². The first-order chi connectivity index (χ1) is 11.8. The lowest BCUT2D eigenvalue weighted by Crippen LogP contribution is -2.15. The lowest BCUT2D eigenvalue weighted by molar-refractivity contribution is 0.102. The molecule has 0 bridgehead atoms. The largest absolute Gasteiger partial charge is 0.492 e. The Hall–Kier alpha value is -2.01. The van der Waals surface area contributed by atoms with E-state index in [2.05, 4.69) is 35.1 Å². The van der Waals surface area contributed by atoms with Gasteiger partial charge in [-0.25, -0.2) is 0 Å². The Bertz CT molecular complexity index is 729. The summed E-state index contributed by atoms with van der Waals surface area (Å²) in [5.41, 5.74) is 1.17. The Morgan fingerprint density at radius 2 is 1.88 bits per heavy atom. The Morgan fingerprint density at radius 3 is 2.56 bits per heavy atom. The van der Waals surface area contributed by atoms with Crippen molar-refractivity contribution in [3.05, 3.63) is 52.5 Å². The van der Waals surface area contributed by atoms with E-state index in [4.69, 9.17) is 9.47 Å². The molecule has 1 N–H and O–H groups in total. The van der Waals surface area contributed by atoms with Crippen molar-refractivity contribution in [2.45, 2.75) is 33.8 Å². The van der Waals surface area contributed by atoms with Crippen LogP contribution in [0.3, 0.4) is 0 Å². The van der Waals surface area contributed by atoms with Gasteiger partial charge in [0.25, 0.3) is 5.91 Å². The first kappa shape index (κ1) is 19.3. The topological polar surface area (TPSA) is 47.6 Å². The van der Waals surface area contributed by atoms with Crippen molar-refractivity contribution >= 4 is 27.5 Å². The molecule has 1 amide bonds. The number of anilines is 1. The second-order valence-corrected chi connectivity index (χ2v) is 7.41. The molecule has 25 heavy (non-hydrogen) atoms. The number of ether oxygens (including phenoxy) is 2. The minimum absolute atomic E-state index is 0.0760. The summed E-state index contributed by atoms with van der Waals surface area (Å²) in [5.74, 6) is 1.45. The van der Waals surface area contributed by atoms with E-state index in [1.165, 1.54) is 0 Å². The second kappa shape index (κ2) is 8.90. The quantitative estimate of drug-likeness (QED) is 0.658. The summed E-state index contributed by atoms with van der Waals surface area (Å²) in [4.78, 5) is 12.7. The highest BCUT2D eigenvalue weighted by molar-refractivity contribution is 9.10. The van der Waals surface area contributed by atoms with E-state index in [9.17, 15) is 4.79 Å². The van der Waals surface area contributed by atoms with Gasteiger partial charge in [0.1, 0.15) is 11.5 Å². The van der Waals surface area contributed by atoms with Crippen molar-refractivity contribution in [2.75, 3.05) is 11.9 Å². The average Bonchev–Trinajstić information content (AvgIpc) is 2.53. The Kier molecular flexibility index (Phi) is 6.88. The molecular formula is C20H24BrNO3. The van der Waals surface area contributed by atoms with Gasteiger partial charge in [-0.15, -0.1) is 0 Å². The molecule has 0 aliphatic rings. The molecular weight excluding hydrogens is 382 g/mol. The highest BCUT2D eigenvalue weighted by Gasteiger charge is 2.14. The average molecular weight is 406 g/mol. The number of carbonyl (C=O) groups is 1. The molecule has 4 nitrogen and oxygen atoms in total. The van der Waals surface area contributed by atoms with E-state index in [1.54, 1.807) is 12.1 Å². The number of hydrogen-bond donors (Lipinski definition) is 1. The molecule has 0 heterocycles. The lowest BCUT2D eigenvalue weighted by Gasteiger charge is -2.14. The molecule has 0 unspecified atom stereocenters. The predicted molar refractivity (Wildman–Crippen MR) is 105 cm³/mol. The van der Waals surface area contributed by atoms with Crippen LogP contribution in [0.4, 0.5) is 5.69 Å². The summed E-state index contributed by atoms with van der Waals surface area (Å²) in [6, 6.07) is 12.8. The fraction of sp³-hybridized carbons (Fsp3) is 0.350. The maximum absolute atomic E-state index is 12.7. The van der Waals surface area contributed by atoms with Crippen LogP contribution in [0, 0.1) is 5.92 Å². The summed E-state index contributed by atoms with van der Waals surface area (Å²) < 4.78 is 12.3. The van der Waals surface area contributed by atoms with E-state index in [1.807, 2.05) is 44.2 Å². The fourth-order valence-corrected chi connectivity index (χ4v) is 2.54. The van der Waals surface area contributed by atoms with Gasteiger partial charge in [0.05, 0.1) is 18.3 Å². The molecule has 0 saturated heterocycles. The van der Waals surface area contributed by atoms with Crippen LogP contribution in [0.2, 0.25) is 0 Å². The fourth-order valence-electron chi connectivity index (χ4n) is 2.18. The van der Waals surface area contributed by atoms with Gasteiger partial charge in [0.15, 0.2) is 0 Å². The zero-order valence-corrected chi connectivity index (χ0v) is 16.6.